The van der Waals surface area contributed by atoms with E-state index in [2.05, 4.69) is 20.7 Å². The molecule has 2 heterocycles. The van der Waals surface area contributed by atoms with Gasteiger partial charge in [0.25, 0.3) is 0 Å². The summed E-state index contributed by atoms with van der Waals surface area (Å²) in [6.45, 7) is 4.23. The molecule has 0 radical (unpaired) electrons. The van der Waals surface area contributed by atoms with Crippen LogP contribution < -0.4 is 10.6 Å². The van der Waals surface area contributed by atoms with Crippen molar-refractivity contribution in [2.24, 2.45) is 0 Å². The Morgan fingerprint density at radius 3 is 2.70 bits per heavy atom. The van der Waals surface area contributed by atoms with E-state index in [4.69, 9.17) is 11.6 Å². The molecule has 1 aromatic carbocycles. The first-order chi connectivity index (χ1) is 14.4. The van der Waals surface area contributed by atoms with Gasteiger partial charge in [0, 0.05) is 28.6 Å². The van der Waals surface area contributed by atoms with Gasteiger partial charge in [-0.1, -0.05) is 29.8 Å². The average Bonchev–Trinajstić information content (AvgIpc) is 3.00. The van der Waals surface area contributed by atoms with Crippen LogP contribution in [0.15, 0.2) is 54.9 Å². The smallest absolute Gasteiger partial charge is 0.244 e. The maximum absolute atomic E-state index is 12.1. The Balaban J connectivity index is 1.59. The summed E-state index contributed by atoms with van der Waals surface area (Å²) >= 11 is 6.24. The number of nitrogens with zero attached hydrogens (tertiary/aromatic N) is 3. The first-order valence-electron chi connectivity index (χ1n) is 9.37. The molecule has 0 aliphatic heterocycles. The second-order valence-electron chi connectivity index (χ2n) is 6.67. The number of pyridine rings is 1. The first kappa shape index (κ1) is 21.3. The van der Waals surface area contributed by atoms with Crippen LogP contribution in [-0.4, -0.2) is 33.1 Å². The summed E-state index contributed by atoms with van der Waals surface area (Å²) in [7, 11) is 0. The van der Waals surface area contributed by atoms with Gasteiger partial charge in [-0.15, -0.1) is 0 Å². The van der Waals surface area contributed by atoms with Crippen LogP contribution >= 0.6 is 11.6 Å². The maximum atomic E-state index is 12.1. The largest absolute Gasteiger partial charge is 0.343 e. The molecule has 3 aromatic rings. The van der Waals surface area contributed by atoms with Gasteiger partial charge in [-0.05, 0) is 43.7 Å². The molecule has 154 valence electrons. The molecular formula is C22H22ClN5O2. The molecule has 0 saturated carbocycles. The molecule has 0 aliphatic carbocycles. The fourth-order valence-corrected chi connectivity index (χ4v) is 3.12. The van der Waals surface area contributed by atoms with Crippen LogP contribution in [0.5, 0.6) is 0 Å². The number of aromatic nitrogens is 3. The van der Waals surface area contributed by atoms with E-state index in [-0.39, 0.29) is 18.4 Å². The monoisotopic (exact) mass is 423 g/mol. The third-order valence-corrected chi connectivity index (χ3v) is 4.85. The summed E-state index contributed by atoms with van der Waals surface area (Å²) in [5.41, 5.74) is 4.13. The SMILES string of the molecule is Cc1nn(Cc2ccccc2Cl)c(C)c1/C=C/C(=O)NCC(=O)Nc1cccnc1. The molecular weight excluding hydrogens is 402 g/mol. The minimum atomic E-state index is -0.367. The number of halogens is 1. The number of carbonyl (C=O) groups is 2. The normalized spacial score (nSPS) is 10.9. The molecule has 0 bridgehead atoms. The predicted molar refractivity (Wildman–Crippen MR) is 117 cm³/mol. The zero-order chi connectivity index (χ0) is 21.5. The summed E-state index contributed by atoms with van der Waals surface area (Å²) in [5.74, 6) is -0.696. The highest BCUT2D eigenvalue weighted by atomic mass is 35.5. The second kappa shape index (κ2) is 9.84. The van der Waals surface area contributed by atoms with Crippen molar-refractivity contribution >= 4 is 35.2 Å². The van der Waals surface area contributed by atoms with Crippen LogP contribution in [0.2, 0.25) is 5.02 Å². The van der Waals surface area contributed by atoms with Crippen molar-refractivity contribution in [3.05, 3.63) is 82.4 Å². The molecule has 0 spiro atoms. The number of carbonyl (C=O) groups excluding carboxylic acids is 2. The van der Waals surface area contributed by atoms with Crippen LogP contribution in [-0.2, 0) is 16.1 Å². The van der Waals surface area contributed by atoms with Gasteiger partial charge >= 0.3 is 0 Å². The highest BCUT2D eigenvalue weighted by molar-refractivity contribution is 6.31. The quantitative estimate of drug-likeness (QED) is 0.570. The Labute approximate surface area is 179 Å². The van der Waals surface area contributed by atoms with Gasteiger partial charge < -0.3 is 10.6 Å². The topological polar surface area (TPSA) is 88.9 Å². The fraction of sp³-hybridized carbons (Fsp3) is 0.182. The van der Waals surface area contributed by atoms with Gasteiger partial charge in [0.1, 0.15) is 0 Å². The summed E-state index contributed by atoms with van der Waals surface area (Å²) in [6, 6.07) is 11.1. The molecule has 3 rings (SSSR count). The molecule has 30 heavy (non-hydrogen) atoms. The van der Waals surface area contributed by atoms with E-state index in [0.717, 1.165) is 22.5 Å². The molecule has 7 nitrogen and oxygen atoms in total. The highest BCUT2D eigenvalue weighted by Crippen LogP contribution is 2.20. The van der Waals surface area contributed by atoms with Gasteiger partial charge in [-0.25, -0.2) is 0 Å². The van der Waals surface area contributed by atoms with Crippen molar-refractivity contribution in [3.8, 4) is 0 Å². The van der Waals surface area contributed by atoms with Crippen molar-refractivity contribution in [2.75, 3.05) is 11.9 Å². The Morgan fingerprint density at radius 1 is 1.17 bits per heavy atom. The number of anilines is 1. The zero-order valence-corrected chi connectivity index (χ0v) is 17.5. The molecule has 0 atom stereocenters. The van der Waals surface area contributed by atoms with Crippen LogP contribution in [0.4, 0.5) is 5.69 Å². The number of benzene rings is 1. The van der Waals surface area contributed by atoms with Gasteiger partial charge in [0.15, 0.2) is 0 Å². The Hall–Kier alpha value is -3.45. The molecule has 2 aromatic heterocycles. The zero-order valence-electron chi connectivity index (χ0n) is 16.7. The predicted octanol–water partition coefficient (Wildman–Crippen LogP) is 3.36. The van der Waals surface area contributed by atoms with Gasteiger partial charge in [0.2, 0.25) is 11.8 Å². The Morgan fingerprint density at radius 2 is 1.97 bits per heavy atom. The number of hydrogen-bond acceptors (Lipinski definition) is 4. The number of aryl methyl sites for hydroxylation is 1. The Bertz CT molecular complexity index is 1080. The highest BCUT2D eigenvalue weighted by Gasteiger charge is 2.11. The third-order valence-electron chi connectivity index (χ3n) is 4.49. The maximum Gasteiger partial charge on any atom is 0.244 e. The van der Waals surface area contributed by atoms with E-state index >= 15 is 0 Å². The van der Waals surface area contributed by atoms with Crippen molar-refractivity contribution in [1.82, 2.24) is 20.1 Å². The van der Waals surface area contributed by atoms with Gasteiger partial charge in [0.05, 0.1) is 30.7 Å². The van der Waals surface area contributed by atoms with Crippen LogP contribution in [0, 0.1) is 13.8 Å². The van der Waals surface area contributed by atoms with Crippen LogP contribution in [0.3, 0.4) is 0 Å². The minimum absolute atomic E-state index is 0.137. The lowest BCUT2D eigenvalue weighted by molar-refractivity contribution is -0.121. The van der Waals surface area contributed by atoms with E-state index < -0.39 is 0 Å². The lowest BCUT2D eigenvalue weighted by Crippen LogP contribution is -2.31. The van der Waals surface area contributed by atoms with E-state index in [1.165, 1.54) is 12.3 Å². The third kappa shape index (κ3) is 5.55. The van der Waals surface area contributed by atoms with Crippen molar-refractivity contribution < 1.29 is 9.59 Å². The van der Waals surface area contributed by atoms with Gasteiger partial charge in [-0.2, -0.15) is 5.10 Å². The molecule has 2 N–H and O–H groups in total. The van der Waals surface area contributed by atoms with Gasteiger partial charge in [-0.3, -0.25) is 19.3 Å². The molecule has 0 saturated heterocycles. The van der Waals surface area contributed by atoms with Crippen molar-refractivity contribution in [2.45, 2.75) is 20.4 Å². The van der Waals surface area contributed by atoms with Crippen LogP contribution in [0.25, 0.3) is 6.08 Å². The Kier molecular flexibility index (Phi) is 6.98. The number of hydrogen-bond donors (Lipinski definition) is 2. The minimum Gasteiger partial charge on any atom is -0.343 e. The van der Waals surface area contributed by atoms with Crippen molar-refractivity contribution in [1.29, 1.82) is 0 Å². The lowest BCUT2D eigenvalue weighted by atomic mass is 10.1. The summed E-state index contributed by atoms with van der Waals surface area (Å²) in [4.78, 5) is 27.9. The molecule has 8 heteroatoms. The standard InChI is InChI=1S/C22H22ClN5O2/c1-15-19(16(2)28(27-15)14-17-6-3-4-8-20(17)23)9-10-21(29)25-13-22(30)26-18-7-5-11-24-12-18/h3-12H,13-14H2,1-2H3,(H,25,29)(H,26,30)/b10-9+. The average molecular weight is 424 g/mol. The number of rotatable bonds is 7. The van der Waals surface area contributed by atoms with E-state index in [9.17, 15) is 9.59 Å². The number of amides is 2. The van der Waals surface area contributed by atoms with E-state index in [1.807, 2.05) is 42.8 Å². The molecule has 0 unspecified atom stereocenters. The fourth-order valence-electron chi connectivity index (χ4n) is 2.92. The van der Waals surface area contributed by atoms with E-state index in [0.29, 0.717) is 17.3 Å². The summed E-state index contributed by atoms with van der Waals surface area (Å²) in [5, 5.41) is 10.5. The van der Waals surface area contributed by atoms with Crippen molar-refractivity contribution in [3.63, 3.8) is 0 Å². The second-order valence-corrected chi connectivity index (χ2v) is 7.08. The first-order valence-corrected chi connectivity index (χ1v) is 9.75. The van der Waals surface area contributed by atoms with E-state index in [1.54, 1.807) is 24.4 Å². The summed E-state index contributed by atoms with van der Waals surface area (Å²) in [6.07, 6.45) is 6.25. The van der Waals surface area contributed by atoms with Crippen LogP contribution in [0.1, 0.15) is 22.5 Å². The molecule has 0 fully saturated rings. The number of nitrogens with one attached hydrogen (secondary N) is 2. The summed E-state index contributed by atoms with van der Waals surface area (Å²) < 4.78 is 1.86. The lowest BCUT2D eigenvalue weighted by Gasteiger charge is -2.06. The molecule has 0 aliphatic rings. The molecule has 2 amide bonds.